The summed E-state index contributed by atoms with van der Waals surface area (Å²) < 4.78 is 4.94. The predicted octanol–water partition coefficient (Wildman–Crippen LogP) is 2.91. The quantitative estimate of drug-likeness (QED) is 0.640. The summed E-state index contributed by atoms with van der Waals surface area (Å²) in [5, 5.41) is 14.3. The first-order valence-corrected chi connectivity index (χ1v) is 7.93. The van der Waals surface area contributed by atoms with Crippen molar-refractivity contribution >= 4 is 23.2 Å². The highest BCUT2D eigenvalue weighted by atomic mass is 16.6. The topological polar surface area (TPSA) is 97.6 Å². The van der Waals surface area contributed by atoms with E-state index in [4.69, 9.17) is 4.74 Å². The molecule has 0 radical (unpaired) electrons. The Morgan fingerprint density at radius 2 is 2.20 bits per heavy atom. The van der Waals surface area contributed by atoms with Gasteiger partial charge in [-0.15, -0.1) is 0 Å². The number of nitrogens with one attached hydrogen (secondary N) is 1. The number of aryl methyl sites for hydroxylation is 1. The fourth-order valence-corrected chi connectivity index (χ4v) is 2.61. The molecule has 0 bridgehead atoms. The molecule has 0 saturated carbocycles. The molecule has 3 rings (SSSR count). The van der Waals surface area contributed by atoms with Crippen LogP contribution in [0.3, 0.4) is 0 Å². The molecule has 2 heterocycles. The SMILES string of the molecule is Cc1ccc(CCNc2ccc([N+](=O)[O-])cc2N2CCOC2=O)cn1. The van der Waals surface area contributed by atoms with Gasteiger partial charge in [-0.25, -0.2) is 4.79 Å². The molecule has 1 aromatic carbocycles. The number of aromatic nitrogens is 1. The lowest BCUT2D eigenvalue weighted by molar-refractivity contribution is -0.384. The molecule has 0 aliphatic carbocycles. The minimum atomic E-state index is -0.494. The van der Waals surface area contributed by atoms with Gasteiger partial charge in [0.2, 0.25) is 0 Å². The van der Waals surface area contributed by atoms with Crippen molar-refractivity contribution in [3.05, 3.63) is 57.9 Å². The summed E-state index contributed by atoms with van der Waals surface area (Å²) in [4.78, 5) is 28.0. The fraction of sp³-hybridized carbons (Fsp3) is 0.294. The van der Waals surface area contributed by atoms with Crippen LogP contribution in [0.5, 0.6) is 0 Å². The van der Waals surface area contributed by atoms with E-state index in [0.29, 0.717) is 24.5 Å². The van der Waals surface area contributed by atoms with E-state index >= 15 is 0 Å². The number of carbonyl (C=O) groups is 1. The van der Waals surface area contributed by atoms with Crippen LogP contribution in [0.2, 0.25) is 0 Å². The van der Waals surface area contributed by atoms with Crippen molar-refractivity contribution in [2.24, 2.45) is 0 Å². The van der Waals surface area contributed by atoms with Crippen LogP contribution in [-0.4, -0.2) is 35.7 Å². The predicted molar refractivity (Wildman–Crippen MR) is 93.0 cm³/mol. The van der Waals surface area contributed by atoms with Crippen LogP contribution in [0, 0.1) is 17.0 Å². The molecular weight excluding hydrogens is 324 g/mol. The van der Waals surface area contributed by atoms with Crippen molar-refractivity contribution in [1.82, 2.24) is 4.98 Å². The minimum absolute atomic E-state index is 0.0667. The molecule has 8 heteroatoms. The van der Waals surface area contributed by atoms with E-state index in [9.17, 15) is 14.9 Å². The van der Waals surface area contributed by atoms with Crippen molar-refractivity contribution < 1.29 is 14.5 Å². The molecule has 1 fully saturated rings. The number of benzene rings is 1. The maximum Gasteiger partial charge on any atom is 0.414 e. The van der Waals surface area contributed by atoms with E-state index in [2.05, 4.69) is 10.3 Å². The lowest BCUT2D eigenvalue weighted by atomic mass is 10.2. The first-order valence-electron chi connectivity index (χ1n) is 7.93. The van der Waals surface area contributed by atoms with Gasteiger partial charge in [0.25, 0.3) is 5.69 Å². The van der Waals surface area contributed by atoms with Crippen LogP contribution in [-0.2, 0) is 11.2 Å². The van der Waals surface area contributed by atoms with Gasteiger partial charge in [-0.05, 0) is 31.0 Å². The van der Waals surface area contributed by atoms with Crippen LogP contribution < -0.4 is 10.2 Å². The number of nitrogens with zero attached hydrogens (tertiary/aromatic N) is 3. The summed E-state index contributed by atoms with van der Waals surface area (Å²) in [5.74, 6) is 0. The van der Waals surface area contributed by atoms with Gasteiger partial charge in [0, 0.05) is 30.6 Å². The summed E-state index contributed by atoms with van der Waals surface area (Å²) in [5.41, 5.74) is 3.09. The maximum absolute atomic E-state index is 11.8. The summed E-state index contributed by atoms with van der Waals surface area (Å²) in [6.45, 7) is 3.19. The minimum Gasteiger partial charge on any atom is -0.447 e. The van der Waals surface area contributed by atoms with E-state index in [1.54, 1.807) is 6.07 Å². The summed E-state index contributed by atoms with van der Waals surface area (Å²) in [6.07, 6.45) is 2.08. The molecule has 1 N–H and O–H groups in total. The zero-order valence-electron chi connectivity index (χ0n) is 13.8. The number of nitro groups is 1. The highest BCUT2D eigenvalue weighted by Gasteiger charge is 2.27. The maximum atomic E-state index is 11.8. The van der Waals surface area contributed by atoms with Gasteiger partial charge in [-0.3, -0.25) is 20.0 Å². The number of cyclic esters (lactones) is 1. The fourth-order valence-electron chi connectivity index (χ4n) is 2.61. The first kappa shape index (κ1) is 16.7. The Balaban J connectivity index is 1.76. The van der Waals surface area contributed by atoms with E-state index < -0.39 is 11.0 Å². The number of hydrogen-bond acceptors (Lipinski definition) is 6. The van der Waals surface area contributed by atoms with Crippen LogP contribution in [0.1, 0.15) is 11.3 Å². The van der Waals surface area contributed by atoms with Crippen LogP contribution in [0.15, 0.2) is 36.5 Å². The van der Waals surface area contributed by atoms with Crippen molar-refractivity contribution in [2.75, 3.05) is 29.9 Å². The van der Waals surface area contributed by atoms with E-state index in [1.165, 1.54) is 17.0 Å². The molecule has 130 valence electrons. The van der Waals surface area contributed by atoms with Gasteiger partial charge in [-0.1, -0.05) is 6.07 Å². The third kappa shape index (κ3) is 3.85. The molecule has 0 atom stereocenters. The second-order valence-corrected chi connectivity index (χ2v) is 5.71. The normalized spacial score (nSPS) is 13.6. The third-order valence-corrected chi connectivity index (χ3v) is 3.95. The molecule has 0 unspecified atom stereocenters. The number of non-ortho nitro benzene ring substituents is 1. The number of rotatable bonds is 6. The van der Waals surface area contributed by atoms with Crippen LogP contribution in [0.4, 0.5) is 21.9 Å². The van der Waals surface area contributed by atoms with Gasteiger partial charge in [-0.2, -0.15) is 0 Å². The molecule has 25 heavy (non-hydrogen) atoms. The lowest BCUT2D eigenvalue weighted by Crippen LogP contribution is -2.24. The van der Waals surface area contributed by atoms with E-state index in [-0.39, 0.29) is 12.3 Å². The lowest BCUT2D eigenvalue weighted by Gasteiger charge is -2.18. The van der Waals surface area contributed by atoms with Gasteiger partial charge in [0.1, 0.15) is 6.61 Å². The van der Waals surface area contributed by atoms with Gasteiger partial charge in [0.15, 0.2) is 0 Å². The molecular formula is C17H18N4O4. The van der Waals surface area contributed by atoms with E-state index in [1.807, 2.05) is 25.3 Å². The van der Waals surface area contributed by atoms with Crippen LogP contribution in [0.25, 0.3) is 0 Å². The Morgan fingerprint density at radius 3 is 2.84 bits per heavy atom. The summed E-state index contributed by atoms with van der Waals surface area (Å²) in [7, 11) is 0. The Kier molecular flexibility index (Phi) is 4.78. The summed E-state index contributed by atoms with van der Waals surface area (Å²) >= 11 is 0. The molecule has 1 saturated heterocycles. The number of nitro benzene ring substituents is 1. The Morgan fingerprint density at radius 1 is 1.36 bits per heavy atom. The average molecular weight is 342 g/mol. The summed E-state index contributed by atoms with van der Waals surface area (Å²) in [6, 6.07) is 8.39. The molecule has 2 aromatic rings. The molecule has 1 aliphatic heterocycles. The Labute approximate surface area is 144 Å². The van der Waals surface area contributed by atoms with Crippen molar-refractivity contribution in [3.8, 4) is 0 Å². The van der Waals surface area contributed by atoms with E-state index in [0.717, 1.165) is 17.7 Å². The molecule has 1 amide bonds. The number of anilines is 2. The first-order chi connectivity index (χ1) is 12.0. The number of hydrogen-bond donors (Lipinski definition) is 1. The average Bonchev–Trinajstić information content (AvgIpc) is 3.02. The highest BCUT2D eigenvalue weighted by molar-refractivity contribution is 5.94. The zero-order valence-corrected chi connectivity index (χ0v) is 13.8. The number of amides is 1. The molecule has 1 aromatic heterocycles. The molecule has 8 nitrogen and oxygen atoms in total. The highest BCUT2D eigenvalue weighted by Crippen LogP contribution is 2.32. The Bertz CT molecular complexity index is 792. The third-order valence-electron chi connectivity index (χ3n) is 3.95. The van der Waals surface area contributed by atoms with Crippen LogP contribution >= 0.6 is 0 Å². The van der Waals surface area contributed by atoms with Crippen molar-refractivity contribution in [2.45, 2.75) is 13.3 Å². The number of carbonyl (C=O) groups excluding carboxylic acids is 1. The smallest absolute Gasteiger partial charge is 0.414 e. The second kappa shape index (κ2) is 7.16. The molecule has 0 spiro atoms. The monoisotopic (exact) mass is 342 g/mol. The molecule has 1 aliphatic rings. The van der Waals surface area contributed by atoms with Gasteiger partial charge in [0.05, 0.1) is 22.8 Å². The van der Waals surface area contributed by atoms with Gasteiger partial charge < -0.3 is 10.1 Å². The largest absolute Gasteiger partial charge is 0.447 e. The van der Waals surface area contributed by atoms with Gasteiger partial charge >= 0.3 is 6.09 Å². The second-order valence-electron chi connectivity index (χ2n) is 5.71. The Hall–Kier alpha value is -3.16. The number of ether oxygens (including phenoxy) is 1. The van der Waals surface area contributed by atoms with Crippen molar-refractivity contribution in [3.63, 3.8) is 0 Å². The standard InChI is InChI=1S/C17H18N4O4/c1-12-2-3-13(11-19-12)6-7-18-15-5-4-14(21(23)24)10-16(15)20-8-9-25-17(20)22/h2-5,10-11,18H,6-9H2,1H3. The number of pyridine rings is 1. The zero-order chi connectivity index (χ0) is 17.8. The van der Waals surface area contributed by atoms with Crippen molar-refractivity contribution in [1.29, 1.82) is 0 Å².